The molecule has 5 heteroatoms. The molecular weight excluding hydrogens is 216 g/mol. The summed E-state index contributed by atoms with van der Waals surface area (Å²) >= 11 is 0. The number of H-pyrrole nitrogens is 1. The maximum absolute atomic E-state index is 5.13. The lowest BCUT2D eigenvalue weighted by molar-refractivity contribution is 0.229. The van der Waals surface area contributed by atoms with Crippen molar-refractivity contribution in [3.05, 3.63) is 17.5 Å². The van der Waals surface area contributed by atoms with Crippen LogP contribution in [0.3, 0.4) is 0 Å². The summed E-state index contributed by atoms with van der Waals surface area (Å²) in [4.78, 5) is 14.5. The van der Waals surface area contributed by atoms with Gasteiger partial charge in [-0.05, 0) is 20.4 Å². The minimum atomic E-state index is 0.537. The SMILES string of the molecule is COc1cnc2[nH]c3c(c2n1)C[C@@H](C)N(C)C3. The van der Waals surface area contributed by atoms with Gasteiger partial charge >= 0.3 is 0 Å². The molecule has 0 spiro atoms. The molecule has 1 aliphatic rings. The van der Waals surface area contributed by atoms with Crippen LogP contribution in [0.4, 0.5) is 0 Å². The van der Waals surface area contributed by atoms with Crippen LogP contribution < -0.4 is 4.74 Å². The van der Waals surface area contributed by atoms with Crippen LogP contribution in [0.15, 0.2) is 6.20 Å². The highest BCUT2D eigenvalue weighted by molar-refractivity contribution is 5.77. The van der Waals surface area contributed by atoms with Gasteiger partial charge in [0.15, 0.2) is 5.65 Å². The number of hydrogen-bond donors (Lipinski definition) is 1. The Hall–Kier alpha value is -1.62. The Kier molecular flexibility index (Phi) is 2.29. The van der Waals surface area contributed by atoms with E-state index in [0.29, 0.717) is 11.9 Å². The average molecular weight is 232 g/mol. The number of ether oxygens (including phenoxy) is 1. The van der Waals surface area contributed by atoms with E-state index in [2.05, 4.69) is 33.8 Å². The van der Waals surface area contributed by atoms with Crippen LogP contribution in [-0.4, -0.2) is 40.1 Å². The molecular formula is C12H16N4O. The molecule has 1 N–H and O–H groups in total. The second kappa shape index (κ2) is 3.70. The number of nitrogens with zero attached hydrogens (tertiary/aromatic N) is 3. The van der Waals surface area contributed by atoms with Crippen molar-refractivity contribution in [3.63, 3.8) is 0 Å². The van der Waals surface area contributed by atoms with Crippen LogP contribution in [0.5, 0.6) is 5.88 Å². The topological polar surface area (TPSA) is 54.0 Å². The highest BCUT2D eigenvalue weighted by Gasteiger charge is 2.24. The molecule has 3 rings (SSSR count). The van der Waals surface area contributed by atoms with Crippen LogP contribution in [0.2, 0.25) is 0 Å². The van der Waals surface area contributed by atoms with Crippen LogP contribution in [0.1, 0.15) is 18.2 Å². The molecule has 0 saturated heterocycles. The normalized spacial score (nSPS) is 20.5. The molecule has 5 nitrogen and oxygen atoms in total. The quantitative estimate of drug-likeness (QED) is 0.806. The predicted molar refractivity (Wildman–Crippen MR) is 65.1 cm³/mol. The minimum Gasteiger partial charge on any atom is -0.480 e. The van der Waals surface area contributed by atoms with Gasteiger partial charge in [0.05, 0.1) is 13.3 Å². The van der Waals surface area contributed by atoms with Crippen molar-refractivity contribution >= 4 is 11.2 Å². The standard InChI is InChI=1S/C12H16N4O/c1-7-4-8-9(6-16(7)2)14-12-11(8)15-10(17-3)5-13-12/h5,7H,4,6H2,1-3H3,(H,13,14)/t7-/m1/s1. The number of hydrogen-bond acceptors (Lipinski definition) is 4. The van der Waals surface area contributed by atoms with Crippen molar-refractivity contribution in [2.45, 2.75) is 25.9 Å². The van der Waals surface area contributed by atoms with Crippen LogP contribution in [0, 0.1) is 0 Å². The van der Waals surface area contributed by atoms with Crippen LogP contribution in [-0.2, 0) is 13.0 Å². The fourth-order valence-corrected chi connectivity index (χ4v) is 2.35. The maximum atomic E-state index is 5.13. The summed E-state index contributed by atoms with van der Waals surface area (Å²) in [7, 11) is 3.76. The van der Waals surface area contributed by atoms with Crippen molar-refractivity contribution < 1.29 is 4.74 Å². The van der Waals surface area contributed by atoms with Crippen molar-refractivity contribution in [1.29, 1.82) is 0 Å². The summed E-state index contributed by atoms with van der Waals surface area (Å²) < 4.78 is 5.13. The smallest absolute Gasteiger partial charge is 0.232 e. The van der Waals surface area contributed by atoms with Gasteiger partial charge in [-0.3, -0.25) is 4.90 Å². The van der Waals surface area contributed by atoms with Crippen LogP contribution in [0.25, 0.3) is 11.2 Å². The van der Waals surface area contributed by atoms with E-state index in [0.717, 1.165) is 24.1 Å². The Balaban J connectivity index is 2.17. The van der Waals surface area contributed by atoms with E-state index in [4.69, 9.17) is 4.74 Å². The first-order chi connectivity index (χ1) is 8.19. The Morgan fingerprint density at radius 3 is 3.12 bits per heavy atom. The Labute approximate surface area is 99.8 Å². The summed E-state index contributed by atoms with van der Waals surface area (Å²) in [6, 6.07) is 0.537. The van der Waals surface area contributed by atoms with Gasteiger partial charge in [-0.15, -0.1) is 0 Å². The van der Waals surface area contributed by atoms with E-state index in [1.807, 2.05) is 0 Å². The molecule has 90 valence electrons. The number of rotatable bonds is 1. The third-order valence-corrected chi connectivity index (χ3v) is 3.54. The van der Waals surface area contributed by atoms with Gasteiger partial charge in [0.1, 0.15) is 5.52 Å². The zero-order valence-corrected chi connectivity index (χ0v) is 10.3. The zero-order chi connectivity index (χ0) is 12.0. The summed E-state index contributed by atoms with van der Waals surface area (Å²) in [5, 5.41) is 0. The molecule has 3 heterocycles. The molecule has 0 amide bonds. The fourth-order valence-electron chi connectivity index (χ4n) is 2.35. The monoisotopic (exact) mass is 232 g/mol. The van der Waals surface area contributed by atoms with E-state index in [9.17, 15) is 0 Å². The highest BCUT2D eigenvalue weighted by Crippen LogP contribution is 2.28. The number of nitrogens with one attached hydrogen (secondary N) is 1. The van der Waals surface area contributed by atoms with E-state index in [1.54, 1.807) is 13.3 Å². The molecule has 0 aliphatic carbocycles. The largest absolute Gasteiger partial charge is 0.480 e. The van der Waals surface area contributed by atoms with Gasteiger partial charge in [-0.25, -0.2) is 9.97 Å². The highest BCUT2D eigenvalue weighted by atomic mass is 16.5. The summed E-state index contributed by atoms with van der Waals surface area (Å²) in [5.74, 6) is 0.575. The third-order valence-electron chi connectivity index (χ3n) is 3.54. The first kappa shape index (κ1) is 10.5. The molecule has 2 aromatic heterocycles. The molecule has 0 saturated carbocycles. The van der Waals surface area contributed by atoms with Crippen molar-refractivity contribution in [2.75, 3.05) is 14.2 Å². The minimum absolute atomic E-state index is 0.537. The number of methoxy groups -OCH3 is 1. The van der Waals surface area contributed by atoms with Crippen molar-refractivity contribution in [2.24, 2.45) is 0 Å². The molecule has 0 fully saturated rings. The summed E-state index contributed by atoms with van der Waals surface area (Å²) in [5.41, 5.74) is 4.34. The first-order valence-electron chi connectivity index (χ1n) is 5.79. The average Bonchev–Trinajstić information content (AvgIpc) is 2.67. The van der Waals surface area contributed by atoms with Gasteiger partial charge < -0.3 is 9.72 Å². The van der Waals surface area contributed by atoms with Gasteiger partial charge in [-0.2, -0.15) is 0 Å². The van der Waals surface area contributed by atoms with Gasteiger partial charge in [0.2, 0.25) is 5.88 Å². The molecule has 1 atom stereocenters. The Morgan fingerprint density at radius 1 is 1.53 bits per heavy atom. The van der Waals surface area contributed by atoms with Crippen LogP contribution >= 0.6 is 0 Å². The third kappa shape index (κ3) is 1.58. The number of likely N-dealkylation sites (N-methyl/N-ethyl adjacent to an activating group) is 1. The Bertz CT molecular complexity index is 563. The maximum Gasteiger partial charge on any atom is 0.232 e. The van der Waals surface area contributed by atoms with Crippen molar-refractivity contribution in [1.82, 2.24) is 19.9 Å². The molecule has 0 aromatic carbocycles. The predicted octanol–water partition coefficient (Wildman–Crippen LogP) is 1.34. The number of aromatic amines is 1. The lowest BCUT2D eigenvalue weighted by Gasteiger charge is -2.29. The lowest BCUT2D eigenvalue weighted by Crippen LogP contribution is -2.34. The second-order valence-electron chi connectivity index (χ2n) is 4.66. The molecule has 1 aliphatic heterocycles. The number of fused-ring (bicyclic) bond motifs is 3. The molecule has 0 bridgehead atoms. The molecule has 0 radical (unpaired) electrons. The molecule has 0 unspecified atom stereocenters. The lowest BCUT2D eigenvalue weighted by atomic mass is 10.0. The van der Waals surface area contributed by atoms with E-state index >= 15 is 0 Å². The number of aromatic nitrogens is 3. The summed E-state index contributed by atoms with van der Waals surface area (Å²) in [6.07, 6.45) is 2.66. The van der Waals surface area contributed by atoms with Gasteiger partial charge in [-0.1, -0.05) is 0 Å². The fraction of sp³-hybridized carbons (Fsp3) is 0.500. The zero-order valence-electron chi connectivity index (χ0n) is 10.3. The first-order valence-corrected chi connectivity index (χ1v) is 5.79. The van der Waals surface area contributed by atoms with E-state index < -0.39 is 0 Å². The summed E-state index contributed by atoms with van der Waals surface area (Å²) in [6.45, 7) is 3.16. The van der Waals surface area contributed by atoms with E-state index in [-0.39, 0.29) is 0 Å². The van der Waals surface area contributed by atoms with E-state index in [1.165, 1.54) is 11.3 Å². The second-order valence-corrected chi connectivity index (χ2v) is 4.66. The van der Waals surface area contributed by atoms with Crippen molar-refractivity contribution in [3.8, 4) is 5.88 Å². The molecule has 2 aromatic rings. The van der Waals surface area contributed by atoms with Gasteiger partial charge in [0.25, 0.3) is 0 Å². The molecule has 17 heavy (non-hydrogen) atoms. The Morgan fingerprint density at radius 2 is 2.35 bits per heavy atom. The van der Waals surface area contributed by atoms with Gasteiger partial charge in [0, 0.05) is 23.8 Å².